The summed E-state index contributed by atoms with van der Waals surface area (Å²) in [4.78, 5) is 31.4. The second kappa shape index (κ2) is 9.89. The number of likely N-dealkylation sites (tertiary alicyclic amines) is 1. The quantitative estimate of drug-likeness (QED) is 0.690. The number of carbonyl (C=O) groups is 2. The summed E-state index contributed by atoms with van der Waals surface area (Å²) in [7, 11) is -0.554. The molecule has 0 spiro atoms. The molecule has 0 aliphatic carbocycles. The molecule has 2 aliphatic heterocycles. The highest BCUT2D eigenvalue weighted by Crippen LogP contribution is 2.16. The molecule has 9 heteroatoms. The number of hydrogen-bond donors (Lipinski definition) is 0. The summed E-state index contributed by atoms with van der Waals surface area (Å²) in [6, 6.07) is 6.07. The number of hydrogen-bond acceptors (Lipinski definition) is 5. The summed E-state index contributed by atoms with van der Waals surface area (Å²) in [5, 5.41) is 0. The third-order valence-corrected chi connectivity index (χ3v) is 7.69. The van der Waals surface area contributed by atoms with Crippen molar-refractivity contribution in [3.63, 3.8) is 0 Å². The Kier molecular flexibility index (Phi) is 7.49. The number of amides is 2. The standard InChI is InChI=1S/C21H32N4O4S/c1-22(2)30(28,29)19-9-7-18(8-10-19)21(27)25-15-13-23(14-16-25)17-20(26)24-11-5-3-4-6-12-24/h7-10H,3-6,11-17H2,1-2H3. The lowest BCUT2D eigenvalue weighted by atomic mass is 10.2. The van der Waals surface area contributed by atoms with Crippen LogP contribution < -0.4 is 0 Å². The van der Waals surface area contributed by atoms with Crippen LogP contribution in [0, 0.1) is 0 Å². The average molecular weight is 437 g/mol. The van der Waals surface area contributed by atoms with Crippen molar-refractivity contribution < 1.29 is 18.0 Å². The van der Waals surface area contributed by atoms with Crippen molar-refractivity contribution in [3.8, 4) is 0 Å². The molecule has 0 N–H and O–H groups in total. The first-order valence-corrected chi connectivity index (χ1v) is 12.0. The van der Waals surface area contributed by atoms with Crippen LogP contribution in [0.5, 0.6) is 0 Å². The Bertz CT molecular complexity index is 838. The molecule has 1 aromatic rings. The molecule has 3 rings (SSSR count). The minimum Gasteiger partial charge on any atom is -0.342 e. The van der Waals surface area contributed by atoms with Gasteiger partial charge in [-0.05, 0) is 37.1 Å². The van der Waals surface area contributed by atoms with Crippen LogP contribution >= 0.6 is 0 Å². The summed E-state index contributed by atoms with van der Waals surface area (Å²) in [6.07, 6.45) is 4.57. The van der Waals surface area contributed by atoms with Crippen molar-refractivity contribution in [3.05, 3.63) is 29.8 Å². The van der Waals surface area contributed by atoms with Gasteiger partial charge in [0.25, 0.3) is 5.91 Å². The number of rotatable bonds is 5. The van der Waals surface area contributed by atoms with Crippen molar-refractivity contribution in [1.29, 1.82) is 0 Å². The monoisotopic (exact) mass is 436 g/mol. The van der Waals surface area contributed by atoms with Gasteiger partial charge in [-0.2, -0.15) is 0 Å². The van der Waals surface area contributed by atoms with E-state index < -0.39 is 10.0 Å². The summed E-state index contributed by atoms with van der Waals surface area (Å²) in [5.74, 6) is 0.0802. The molecule has 2 aliphatic rings. The molecule has 0 radical (unpaired) electrons. The average Bonchev–Trinajstić information content (AvgIpc) is 3.03. The van der Waals surface area contributed by atoms with Crippen LogP contribution in [0.15, 0.2) is 29.2 Å². The van der Waals surface area contributed by atoms with Crippen molar-refractivity contribution in [2.24, 2.45) is 0 Å². The zero-order valence-electron chi connectivity index (χ0n) is 17.9. The van der Waals surface area contributed by atoms with Gasteiger partial charge in [0.05, 0.1) is 11.4 Å². The smallest absolute Gasteiger partial charge is 0.253 e. The number of sulfonamides is 1. The van der Waals surface area contributed by atoms with E-state index in [1.807, 2.05) is 4.90 Å². The lowest BCUT2D eigenvalue weighted by molar-refractivity contribution is -0.132. The van der Waals surface area contributed by atoms with Crippen molar-refractivity contribution in [2.45, 2.75) is 30.6 Å². The van der Waals surface area contributed by atoms with E-state index in [1.54, 1.807) is 17.0 Å². The van der Waals surface area contributed by atoms with Crippen LogP contribution in [-0.4, -0.2) is 99.1 Å². The van der Waals surface area contributed by atoms with Crippen molar-refractivity contribution in [2.75, 3.05) is 59.9 Å². The second-order valence-corrected chi connectivity index (χ2v) is 10.3. The van der Waals surface area contributed by atoms with Crippen LogP contribution in [0.4, 0.5) is 0 Å². The summed E-state index contributed by atoms with van der Waals surface area (Å²) in [5.41, 5.74) is 0.474. The van der Waals surface area contributed by atoms with Crippen LogP contribution in [0.25, 0.3) is 0 Å². The highest BCUT2D eigenvalue weighted by molar-refractivity contribution is 7.89. The van der Waals surface area contributed by atoms with Gasteiger partial charge in [0.15, 0.2) is 0 Å². The Labute approximate surface area is 179 Å². The maximum Gasteiger partial charge on any atom is 0.253 e. The van der Waals surface area contributed by atoms with E-state index in [0.717, 1.165) is 30.2 Å². The Balaban J connectivity index is 1.52. The van der Waals surface area contributed by atoms with E-state index in [1.165, 1.54) is 39.1 Å². The van der Waals surface area contributed by atoms with E-state index >= 15 is 0 Å². The maximum absolute atomic E-state index is 12.8. The second-order valence-electron chi connectivity index (χ2n) is 8.18. The van der Waals surface area contributed by atoms with Gasteiger partial charge in [0.2, 0.25) is 15.9 Å². The van der Waals surface area contributed by atoms with Crippen LogP contribution in [0.1, 0.15) is 36.0 Å². The molecule has 2 fully saturated rings. The first kappa shape index (κ1) is 22.7. The molecule has 2 saturated heterocycles. The van der Waals surface area contributed by atoms with Crippen molar-refractivity contribution >= 4 is 21.8 Å². The van der Waals surface area contributed by atoms with Crippen LogP contribution in [0.3, 0.4) is 0 Å². The minimum atomic E-state index is -3.51. The lowest BCUT2D eigenvalue weighted by Gasteiger charge is -2.35. The molecule has 30 heavy (non-hydrogen) atoms. The normalized spacial score (nSPS) is 19.0. The molecule has 0 unspecified atom stereocenters. The van der Waals surface area contributed by atoms with Gasteiger partial charge in [-0.25, -0.2) is 12.7 Å². The molecular formula is C21H32N4O4S. The van der Waals surface area contributed by atoms with Gasteiger partial charge in [-0.3, -0.25) is 14.5 Å². The Morgan fingerprint density at radius 2 is 1.40 bits per heavy atom. The molecule has 0 saturated carbocycles. The predicted octanol–water partition coefficient (Wildman–Crippen LogP) is 1.10. The van der Waals surface area contributed by atoms with E-state index in [-0.39, 0.29) is 16.7 Å². The summed E-state index contributed by atoms with van der Waals surface area (Å²) in [6.45, 7) is 4.58. The van der Waals surface area contributed by atoms with Gasteiger partial charge < -0.3 is 9.80 Å². The van der Waals surface area contributed by atoms with E-state index in [0.29, 0.717) is 38.3 Å². The topological polar surface area (TPSA) is 81.2 Å². The molecule has 2 heterocycles. The van der Waals surface area contributed by atoms with Gasteiger partial charge in [0, 0.05) is 58.9 Å². The Hall–Kier alpha value is -1.97. The highest BCUT2D eigenvalue weighted by atomic mass is 32.2. The Morgan fingerprint density at radius 3 is 1.93 bits per heavy atom. The maximum atomic E-state index is 12.8. The van der Waals surface area contributed by atoms with E-state index in [4.69, 9.17) is 0 Å². The minimum absolute atomic E-state index is 0.109. The third-order valence-electron chi connectivity index (χ3n) is 5.86. The van der Waals surface area contributed by atoms with Gasteiger partial charge in [-0.1, -0.05) is 12.8 Å². The van der Waals surface area contributed by atoms with Crippen LogP contribution in [0.2, 0.25) is 0 Å². The van der Waals surface area contributed by atoms with E-state index in [9.17, 15) is 18.0 Å². The molecule has 0 bridgehead atoms. The first-order valence-electron chi connectivity index (χ1n) is 10.6. The molecule has 0 atom stereocenters. The number of benzene rings is 1. The van der Waals surface area contributed by atoms with Gasteiger partial charge in [-0.15, -0.1) is 0 Å². The summed E-state index contributed by atoms with van der Waals surface area (Å²) < 4.78 is 25.5. The molecule has 1 aromatic carbocycles. The zero-order chi connectivity index (χ0) is 21.7. The van der Waals surface area contributed by atoms with Crippen molar-refractivity contribution in [1.82, 2.24) is 19.0 Å². The Morgan fingerprint density at radius 1 is 0.833 bits per heavy atom. The zero-order valence-corrected chi connectivity index (χ0v) is 18.7. The van der Waals surface area contributed by atoms with Gasteiger partial charge >= 0.3 is 0 Å². The SMILES string of the molecule is CN(C)S(=O)(=O)c1ccc(C(=O)N2CCN(CC(=O)N3CCCCCC3)CC2)cc1. The number of carbonyl (C=O) groups excluding carboxylic acids is 2. The van der Waals surface area contributed by atoms with Gasteiger partial charge in [0.1, 0.15) is 0 Å². The fourth-order valence-corrected chi connectivity index (χ4v) is 4.78. The van der Waals surface area contributed by atoms with Crippen LogP contribution in [-0.2, 0) is 14.8 Å². The number of piperazine rings is 1. The largest absolute Gasteiger partial charge is 0.342 e. The first-order chi connectivity index (χ1) is 14.3. The highest BCUT2D eigenvalue weighted by Gasteiger charge is 2.25. The molecule has 0 aromatic heterocycles. The third kappa shape index (κ3) is 5.39. The van der Waals surface area contributed by atoms with E-state index in [2.05, 4.69) is 4.90 Å². The molecule has 8 nitrogen and oxygen atoms in total. The molecular weight excluding hydrogens is 404 g/mol. The lowest BCUT2D eigenvalue weighted by Crippen LogP contribution is -2.51. The number of nitrogens with zero attached hydrogens (tertiary/aromatic N) is 4. The summed E-state index contributed by atoms with van der Waals surface area (Å²) >= 11 is 0. The molecule has 2 amide bonds. The fourth-order valence-electron chi connectivity index (χ4n) is 3.88. The predicted molar refractivity (Wildman–Crippen MR) is 115 cm³/mol. The fraction of sp³-hybridized carbons (Fsp3) is 0.619. The molecule has 166 valence electrons.